The van der Waals surface area contributed by atoms with Crippen LogP contribution in [-0.4, -0.2) is 30.7 Å². The van der Waals surface area contributed by atoms with Crippen LogP contribution < -0.4 is 4.74 Å². The molecule has 0 spiro atoms. The molecule has 1 aromatic carbocycles. The van der Waals surface area contributed by atoms with Crippen molar-refractivity contribution in [3.05, 3.63) is 23.3 Å². The van der Waals surface area contributed by atoms with Crippen molar-refractivity contribution in [3.8, 4) is 11.5 Å². The van der Waals surface area contributed by atoms with Crippen LogP contribution in [0, 0.1) is 0 Å². The van der Waals surface area contributed by atoms with Gasteiger partial charge in [0.05, 0.1) is 7.11 Å². The largest absolute Gasteiger partial charge is 0.504 e. The van der Waals surface area contributed by atoms with Crippen molar-refractivity contribution in [3.63, 3.8) is 0 Å². The summed E-state index contributed by atoms with van der Waals surface area (Å²) in [7, 11) is 3.70. The predicted octanol–water partition coefficient (Wildman–Crippen LogP) is 1.95. The first kappa shape index (κ1) is 10.3. The Kier molecular flexibility index (Phi) is 2.57. The number of phenolic OH excluding ortho intramolecular Hbond substituents is 1. The maximum Gasteiger partial charge on any atom is 0.160 e. The van der Waals surface area contributed by atoms with Gasteiger partial charge in [0.25, 0.3) is 0 Å². The summed E-state index contributed by atoms with van der Waals surface area (Å²) < 4.78 is 5.13. The van der Waals surface area contributed by atoms with Crippen LogP contribution in [0.15, 0.2) is 12.1 Å². The van der Waals surface area contributed by atoms with Gasteiger partial charge in [-0.1, -0.05) is 0 Å². The van der Waals surface area contributed by atoms with Gasteiger partial charge in [0.15, 0.2) is 11.5 Å². The molecule has 1 aromatic rings. The highest BCUT2D eigenvalue weighted by atomic mass is 16.5. The first-order chi connectivity index (χ1) is 7.13. The lowest BCUT2D eigenvalue weighted by molar-refractivity contribution is 0.246. The van der Waals surface area contributed by atoms with Crippen molar-refractivity contribution in [1.29, 1.82) is 0 Å². The van der Waals surface area contributed by atoms with E-state index >= 15 is 0 Å². The summed E-state index contributed by atoms with van der Waals surface area (Å²) in [4.78, 5) is 2.30. The molecule has 1 atom stereocenters. The van der Waals surface area contributed by atoms with E-state index in [2.05, 4.69) is 18.9 Å². The molecule has 1 N–H and O–H groups in total. The van der Waals surface area contributed by atoms with Gasteiger partial charge in [-0.3, -0.25) is 4.90 Å². The summed E-state index contributed by atoms with van der Waals surface area (Å²) in [6, 6.07) is 4.17. The monoisotopic (exact) mass is 207 g/mol. The highest BCUT2D eigenvalue weighted by Crippen LogP contribution is 2.36. The van der Waals surface area contributed by atoms with Crippen LogP contribution in [0.5, 0.6) is 11.5 Å². The molecule has 0 aliphatic carbocycles. The van der Waals surface area contributed by atoms with Crippen LogP contribution in [0.4, 0.5) is 0 Å². The maximum absolute atomic E-state index is 9.68. The molecule has 0 aromatic heterocycles. The van der Waals surface area contributed by atoms with Crippen molar-refractivity contribution in [2.45, 2.75) is 19.4 Å². The third kappa shape index (κ3) is 1.67. The Morgan fingerprint density at radius 2 is 2.20 bits per heavy atom. The Hall–Kier alpha value is -1.22. The van der Waals surface area contributed by atoms with Gasteiger partial charge in [0, 0.05) is 12.6 Å². The smallest absolute Gasteiger partial charge is 0.160 e. The molecule has 82 valence electrons. The normalized spacial score (nSPS) is 21.1. The van der Waals surface area contributed by atoms with Gasteiger partial charge in [-0.05, 0) is 43.7 Å². The lowest BCUT2D eigenvalue weighted by Crippen LogP contribution is -2.30. The minimum Gasteiger partial charge on any atom is -0.504 e. The number of methoxy groups -OCH3 is 1. The number of rotatable bonds is 1. The van der Waals surface area contributed by atoms with Gasteiger partial charge in [0.2, 0.25) is 0 Å². The molecule has 2 rings (SSSR count). The van der Waals surface area contributed by atoms with Crippen molar-refractivity contribution < 1.29 is 9.84 Å². The molecule has 1 unspecified atom stereocenters. The van der Waals surface area contributed by atoms with E-state index in [0.29, 0.717) is 11.8 Å². The van der Waals surface area contributed by atoms with Gasteiger partial charge < -0.3 is 9.84 Å². The summed E-state index contributed by atoms with van der Waals surface area (Å²) in [5, 5.41) is 9.68. The van der Waals surface area contributed by atoms with Gasteiger partial charge in [-0.2, -0.15) is 0 Å². The molecule has 0 radical (unpaired) electrons. The highest BCUT2D eigenvalue weighted by molar-refractivity contribution is 5.48. The minimum atomic E-state index is 0.244. The van der Waals surface area contributed by atoms with Gasteiger partial charge >= 0.3 is 0 Å². The second-order valence-corrected chi connectivity index (χ2v) is 4.13. The van der Waals surface area contributed by atoms with Crippen LogP contribution in [0.2, 0.25) is 0 Å². The van der Waals surface area contributed by atoms with Crippen LogP contribution in [-0.2, 0) is 6.42 Å². The number of phenols is 1. The minimum absolute atomic E-state index is 0.244. The molecule has 15 heavy (non-hydrogen) atoms. The van der Waals surface area contributed by atoms with E-state index in [1.54, 1.807) is 7.11 Å². The molecule has 0 saturated heterocycles. The van der Waals surface area contributed by atoms with Crippen molar-refractivity contribution >= 4 is 0 Å². The first-order valence-electron chi connectivity index (χ1n) is 5.23. The van der Waals surface area contributed by atoms with E-state index < -0.39 is 0 Å². The van der Waals surface area contributed by atoms with E-state index in [1.165, 1.54) is 11.1 Å². The van der Waals surface area contributed by atoms with Crippen molar-refractivity contribution in [2.24, 2.45) is 0 Å². The van der Waals surface area contributed by atoms with E-state index in [1.807, 2.05) is 12.1 Å². The number of fused-ring (bicyclic) bond motifs is 1. The summed E-state index contributed by atoms with van der Waals surface area (Å²) in [6.07, 6.45) is 0.994. The highest BCUT2D eigenvalue weighted by Gasteiger charge is 2.22. The Morgan fingerprint density at radius 1 is 1.47 bits per heavy atom. The fourth-order valence-electron chi connectivity index (χ4n) is 2.12. The number of likely N-dealkylation sites (N-methyl/N-ethyl adjacent to an activating group) is 1. The standard InChI is InChI=1S/C12H17NO2/c1-8-10-7-12(15-3)11(14)6-9(10)4-5-13(8)2/h6-8,14H,4-5H2,1-3H3. The summed E-state index contributed by atoms with van der Waals surface area (Å²) in [5.41, 5.74) is 2.50. The zero-order valence-corrected chi connectivity index (χ0v) is 9.45. The third-order valence-corrected chi connectivity index (χ3v) is 3.29. The Morgan fingerprint density at radius 3 is 2.87 bits per heavy atom. The molecule has 3 nitrogen and oxygen atoms in total. The third-order valence-electron chi connectivity index (χ3n) is 3.29. The Labute approximate surface area is 90.3 Å². The Balaban J connectivity index is 2.48. The van der Waals surface area contributed by atoms with Gasteiger partial charge in [-0.25, -0.2) is 0 Å². The predicted molar refractivity (Wildman–Crippen MR) is 59.4 cm³/mol. The maximum atomic E-state index is 9.68. The summed E-state index contributed by atoms with van der Waals surface area (Å²) >= 11 is 0. The molecule has 0 saturated carbocycles. The van der Waals surface area contributed by atoms with E-state index in [-0.39, 0.29) is 5.75 Å². The van der Waals surface area contributed by atoms with Crippen LogP contribution in [0.1, 0.15) is 24.1 Å². The second kappa shape index (κ2) is 3.74. The fraction of sp³-hybridized carbons (Fsp3) is 0.500. The van der Waals surface area contributed by atoms with Gasteiger partial charge in [0.1, 0.15) is 0 Å². The quantitative estimate of drug-likeness (QED) is 0.764. The molecular weight excluding hydrogens is 190 g/mol. The average molecular weight is 207 g/mol. The molecule has 1 aliphatic rings. The molecule has 1 heterocycles. The summed E-state index contributed by atoms with van der Waals surface area (Å²) in [5.74, 6) is 0.809. The van der Waals surface area contributed by atoms with E-state index in [9.17, 15) is 5.11 Å². The van der Waals surface area contributed by atoms with Crippen LogP contribution in [0.3, 0.4) is 0 Å². The average Bonchev–Trinajstić information content (AvgIpc) is 2.23. The molecule has 0 fully saturated rings. The van der Waals surface area contributed by atoms with Crippen LogP contribution >= 0.6 is 0 Å². The molecular formula is C12H17NO2. The number of hydrogen-bond donors (Lipinski definition) is 1. The zero-order chi connectivity index (χ0) is 11.0. The lowest BCUT2D eigenvalue weighted by Gasteiger charge is -2.32. The molecule has 3 heteroatoms. The fourth-order valence-corrected chi connectivity index (χ4v) is 2.12. The Bertz CT molecular complexity index is 376. The molecule has 0 amide bonds. The summed E-state index contributed by atoms with van der Waals surface area (Å²) in [6.45, 7) is 3.22. The number of nitrogens with zero attached hydrogens (tertiary/aromatic N) is 1. The number of benzene rings is 1. The lowest BCUT2D eigenvalue weighted by atomic mass is 9.93. The number of aromatic hydroxyl groups is 1. The topological polar surface area (TPSA) is 32.7 Å². The van der Waals surface area contributed by atoms with Gasteiger partial charge in [-0.15, -0.1) is 0 Å². The second-order valence-electron chi connectivity index (χ2n) is 4.13. The first-order valence-corrected chi connectivity index (χ1v) is 5.23. The van der Waals surface area contributed by atoms with Crippen molar-refractivity contribution in [1.82, 2.24) is 4.90 Å². The van der Waals surface area contributed by atoms with Crippen LogP contribution in [0.25, 0.3) is 0 Å². The van der Waals surface area contributed by atoms with E-state index in [0.717, 1.165) is 13.0 Å². The van der Waals surface area contributed by atoms with E-state index in [4.69, 9.17) is 4.74 Å². The molecule has 0 bridgehead atoms. The number of hydrogen-bond acceptors (Lipinski definition) is 3. The number of ether oxygens (including phenoxy) is 1. The zero-order valence-electron chi connectivity index (χ0n) is 9.45. The SMILES string of the molecule is COc1cc2c(cc1O)CCN(C)C2C. The molecule has 1 aliphatic heterocycles. The van der Waals surface area contributed by atoms with Crippen molar-refractivity contribution in [2.75, 3.05) is 20.7 Å².